The van der Waals surface area contributed by atoms with Crippen LogP contribution in [0.4, 0.5) is 0 Å². The van der Waals surface area contributed by atoms with E-state index < -0.39 is 10.0 Å². The van der Waals surface area contributed by atoms with Crippen LogP contribution < -0.4 is 4.72 Å². The number of hydrogen-bond acceptors (Lipinski definition) is 4. The van der Waals surface area contributed by atoms with Crippen molar-refractivity contribution in [3.8, 4) is 0 Å². The normalized spacial score (nSPS) is 16.3. The Morgan fingerprint density at radius 3 is 2.74 bits per heavy atom. The van der Waals surface area contributed by atoms with E-state index in [4.69, 9.17) is 4.98 Å². The van der Waals surface area contributed by atoms with Crippen molar-refractivity contribution in [3.05, 3.63) is 95.3 Å². The summed E-state index contributed by atoms with van der Waals surface area (Å²) >= 11 is 0. The first kappa shape index (κ1) is 22.3. The number of imidazole rings is 1. The molecular weight excluding hydrogens is 448 g/mol. The number of aromatic nitrogens is 2. The summed E-state index contributed by atoms with van der Waals surface area (Å²) in [6.45, 7) is 2.81. The number of likely N-dealkylation sites (tertiary alicyclic amines) is 1. The Balaban J connectivity index is 1.37. The molecule has 2 N–H and O–H groups in total. The van der Waals surface area contributed by atoms with E-state index in [0.29, 0.717) is 12.1 Å². The number of hydrogen-bond donors (Lipinski definition) is 2. The summed E-state index contributed by atoms with van der Waals surface area (Å²) < 4.78 is 28.3. The Morgan fingerprint density at radius 1 is 1.09 bits per heavy atom. The summed E-state index contributed by atoms with van der Waals surface area (Å²) in [6, 6.07) is 21.4. The molecule has 174 valence electrons. The van der Waals surface area contributed by atoms with Crippen LogP contribution in [-0.2, 0) is 16.6 Å². The highest BCUT2D eigenvalue weighted by Gasteiger charge is 2.33. The Kier molecular flexibility index (Phi) is 5.93. The molecule has 8 heteroatoms. The lowest BCUT2D eigenvalue weighted by atomic mass is 10.1. The number of nitrogens with one attached hydrogen (secondary N) is 2. The van der Waals surface area contributed by atoms with Gasteiger partial charge in [0.2, 0.25) is 10.0 Å². The average molecular weight is 475 g/mol. The zero-order valence-electron chi connectivity index (χ0n) is 18.9. The van der Waals surface area contributed by atoms with E-state index in [-0.39, 0.29) is 23.4 Å². The zero-order valence-corrected chi connectivity index (χ0v) is 19.7. The molecule has 0 spiro atoms. The smallest absolute Gasteiger partial charge is 0.254 e. The molecule has 7 nitrogen and oxygen atoms in total. The number of carbonyl (C=O) groups is 1. The predicted molar refractivity (Wildman–Crippen MR) is 131 cm³/mol. The van der Waals surface area contributed by atoms with Crippen LogP contribution in [0, 0.1) is 6.92 Å². The largest absolute Gasteiger partial charge is 0.340 e. The molecule has 1 fully saturated rings. The Labute approximate surface area is 198 Å². The number of sulfonamides is 1. The van der Waals surface area contributed by atoms with Gasteiger partial charge in [-0.15, -0.1) is 0 Å². The molecule has 0 radical (unpaired) electrons. The molecule has 1 aliphatic rings. The van der Waals surface area contributed by atoms with E-state index in [1.165, 1.54) is 12.1 Å². The molecule has 34 heavy (non-hydrogen) atoms. The maximum absolute atomic E-state index is 13.4. The summed E-state index contributed by atoms with van der Waals surface area (Å²) in [5, 5.41) is 0. The number of amides is 1. The molecule has 0 bridgehead atoms. The molecule has 0 aliphatic carbocycles. The van der Waals surface area contributed by atoms with Gasteiger partial charge in [0.05, 0.1) is 22.0 Å². The molecule has 4 aromatic rings. The van der Waals surface area contributed by atoms with Crippen LogP contribution in [0.2, 0.25) is 0 Å². The molecular formula is C26H26N4O3S. The fraction of sp³-hybridized carbons (Fsp3) is 0.231. The Hall–Kier alpha value is -3.49. The van der Waals surface area contributed by atoms with Gasteiger partial charge in [-0.2, -0.15) is 0 Å². The van der Waals surface area contributed by atoms with E-state index in [2.05, 4.69) is 9.71 Å². The fourth-order valence-electron chi connectivity index (χ4n) is 4.41. The molecule has 0 saturated carbocycles. The van der Waals surface area contributed by atoms with Crippen LogP contribution in [0.15, 0.2) is 77.7 Å². The van der Waals surface area contributed by atoms with E-state index in [1.807, 2.05) is 55.5 Å². The summed E-state index contributed by atoms with van der Waals surface area (Å²) in [5.41, 5.74) is 4.17. The van der Waals surface area contributed by atoms with Crippen LogP contribution in [0.3, 0.4) is 0 Å². The molecule has 1 saturated heterocycles. The molecule has 3 aromatic carbocycles. The minimum atomic E-state index is -3.76. The van der Waals surface area contributed by atoms with Gasteiger partial charge in [-0.05, 0) is 61.2 Å². The number of nitrogens with zero attached hydrogens (tertiary/aromatic N) is 2. The Morgan fingerprint density at radius 2 is 1.91 bits per heavy atom. The lowest BCUT2D eigenvalue weighted by molar-refractivity contribution is 0.0730. The van der Waals surface area contributed by atoms with Crippen molar-refractivity contribution in [2.75, 3.05) is 6.54 Å². The number of rotatable bonds is 6. The van der Waals surface area contributed by atoms with Crippen LogP contribution in [0.5, 0.6) is 0 Å². The zero-order chi connectivity index (χ0) is 23.7. The summed E-state index contributed by atoms with van der Waals surface area (Å²) in [5.74, 6) is 0.569. The molecule has 1 aromatic heterocycles. The van der Waals surface area contributed by atoms with Crippen molar-refractivity contribution in [3.63, 3.8) is 0 Å². The maximum atomic E-state index is 13.4. The van der Waals surface area contributed by atoms with Gasteiger partial charge in [0.15, 0.2) is 0 Å². The first-order valence-electron chi connectivity index (χ1n) is 11.3. The van der Waals surface area contributed by atoms with Gasteiger partial charge < -0.3 is 9.88 Å². The lowest BCUT2D eigenvalue weighted by Gasteiger charge is -2.23. The minimum Gasteiger partial charge on any atom is -0.340 e. The summed E-state index contributed by atoms with van der Waals surface area (Å²) in [6.07, 6.45) is 1.67. The standard InChI is InChI=1S/C26H26N4O3S/c1-18-12-13-22-23(15-18)29-25(28-22)24-11-6-14-30(24)26(31)20-9-5-10-21(16-20)34(32,33)27-17-19-7-3-2-4-8-19/h2-5,7-10,12-13,15-16,24,27H,6,11,14,17H2,1H3,(H,28,29). The number of fused-ring (bicyclic) bond motifs is 1. The third-order valence-corrected chi connectivity index (χ3v) is 7.58. The van der Waals surface area contributed by atoms with Gasteiger partial charge in [-0.3, -0.25) is 4.79 Å². The quantitative estimate of drug-likeness (QED) is 0.435. The van der Waals surface area contributed by atoms with Crippen molar-refractivity contribution in [1.29, 1.82) is 0 Å². The highest BCUT2D eigenvalue weighted by molar-refractivity contribution is 7.89. The molecule has 1 aliphatic heterocycles. The third kappa shape index (κ3) is 4.47. The average Bonchev–Trinajstić information content (AvgIpc) is 3.50. The Bertz CT molecular complexity index is 1450. The monoisotopic (exact) mass is 474 g/mol. The van der Waals surface area contributed by atoms with Gasteiger partial charge in [0.25, 0.3) is 5.91 Å². The maximum Gasteiger partial charge on any atom is 0.254 e. The molecule has 2 heterocycles. The second kappa shape index (κ2) is 9.04. The van der Waals surface area contributed by atoms with Gasteiger partial charge in [-0.25, -0.2) is 18.1 Å². The summed E-state index contributed by atoms with van der Waals surface area (Å²) in [7, 11) is -3.76. The van der Waals surface area contributed by atoms with E-state index in [0.717, 1.165) is 40.8 Å². The minimum absolute atomic E-state index is 0.0734. The first-order chi connectivity index (χ1) is 16.4. The summed E-state index contributed by atoms with van der Waals surface area (Å²) in [4.78, 5) is 23.4. The fourth-order valence-corrected chi connectivity index (χ4v) is 5.48. The topological polar surface area (TPSA) is 95.2 Å². The van der Waals surface area contributed by atoms with Crippen molar-refractivity contribution >= 4 is 27.0 Å². The van der Waals surface area contributed by atoms with Crippen LogP contribution in [0.1, 0.15) is 46.2 Å². The highest BCUT2D eigenvalue weighted by Crippen LogP contribution is 2.33. The van der Waals surface area contributed by atoms with E-state index >= 15 is 0 Å². The third-order valence-electron chi connectivity index (χ3n) is 6.19. The van der Waals surface area contributed by atoms with Gasteiger partial charge in [-0.1, -0.05) is 42.5 Å². The number of aromatic amines is 1. The van der Waals surface area contributed by atoms with Crippen LogP contribution >= 0.6 is 0 Å². The van der Waals surface area contributed by atoms with Gasteiger partial charge in [0.1, 0.15) is 5.82 Å². The van der Waals surface area contributed by atoms with Gasteiger partial charge >= 0.3 is 0 Å². The number of H-pyrrole nitrogens is 1. The van der Waals surface area contributed by atoms with Crippen molar-refractivity contribution in [2.24, 2.45) is 0 Å². The number of carbonyl (C=O) groups excluding carboxylic acids is 1. The van der Waals surface area contributed by atoms with E-state index in [9.17, 15) is 13.2 Å². The van der Waals surface area contributed by atoms with Crippen LogP contribution in [-0.4, -0.2) is 35.7 Å². The molecule has 1 atom stereocenters. The van der Waals surface area contributed by atoms with Crippen molar-refractivity contribution in [1.82, 2.24) is 19.6 Å². The molecule has 1 amide bonds. The number of aryl methyl sites for hydroxylation is 1. The van der Waals surface area contributed by atoms with Crippen LogP contribution in [0.25, 0.3) is 11.0 Å². The van der Waals surface area contributed by atoms with Crippen molar-refractivity contribution in [2.45, 2.75) is 37.2 Å². The number of benzene rings is 3. The molecule has 1 unspecified atom stereocenters. The lowest BCUT2D eigenvalue weighted by Crippen LogP contribution is -2.31. The SMILES string of the molecule is Cc1ccc2nc(C3CCCN3C(=O)c3cccc(S(=O)(=O)NCc4ccccc4)c3)[nH]c2c1. The molecule has 5 rings (SSSR count). The van der Waals surface area contributed by atoms with Crippen molar-refractivity contribution < 1.29 is 13.2 Å². The highest BCUT2D eigenvalue weighted by atomic mass is 32.2. The van der Waals surface area contributed by atoms with Gasteiger partial charge in [0, 0.05) is 18.7 Å². The second-order valence-electron chi connectivity index (χ2n) is 8.64. The predicted octanol–water partition coefficient (Wildman–Crippen LogP) is 4.33. The first-order valence-corrected chi connectivity index (χ1v) is 12.8. The second-order valence-corrected chi connectivity index (χ2v) is 10.4. The van der Waals surface area contributed by atoms with E-state index in [1.54, 1.807) is 17.0 Å².